The number of hydrogen-bond donors (Lipinski definition) is 2. The topological polar surface area (TPSA) is 58.2 Å². The Bertz CT molecular complexity index is 504. The van der Waals surface area contributed by atoms with Gasteiger partial charge in [0.15, 0.2) is 0 Å². The van der Waals surface area contributed by atoms with Crippen molar-refractivity contribution in [1.82, 2.24) is 5.32 Å². The van der Waals surface area contributed by atoms with Gasteiger partial charge in [0.1, 0.15) is 11.6 Å². The highest BCUT2D eigenvalue weighted by atomic mass is 32.2. The second-order valence-corrected chi connectivity index (χ2v) is 6.00. The first-order valence-electron chi connectivity index (χ1n) is 5.49. The first kappa shape index (κ1) is 14.8. The van der Waals surface area contributed by atoms with E-state index < -0.39 is 21.7 Å². The first-order chi connectivity index (χ1) is 8.30. The number of hydrogen-bond acceptors (Lipinski definition) is 3. The van der Waals surface area contributed by atoms with Crippen LogP contribution < -0.4 is 10.0 Å². The van der Waals surface area contributed by atoms with Crippen LogP contribution >= 0.6 is 0 Å². The van der Waals surface area contributed by atoms with Crippen LogP contribution in [0.2, 0.25) is 0 Å². The average molecular weight is 278 g/mol. The molecule has 0 fully saturated rings. The summed E-state index contributed by atoms with van der Waals surface area (Å²) in [6.45, 7) is 4.04. The number of nitrogens with one attached hydrogen (secondary N) is 2. The molecule has 0 spiro atoms. The van der Waals surface area contributed by atoms with Crippen molar-refractivity contribution in [2.75, 3.05) is 17.0 Å². The molecule has 0 radical (unpaired) electrons. The van der Waals surface area contributed by atoms with Gasteiger partial charge in [-0.1, -0.05) is 13.8 Å². The van der Waals surface area contributed by atoms with Crippen LogP contribution in [0, 0.1) is 11.6 Å². The third-order valence-corrected chi connectivity index (χ3v) is 3.39. The van der Waals surface area contributed by atoms with Crippen LogP contribution in [-0.4, -0.2) is 26.8 Å². The van der Waals surface area contributed by atoms with Crippen LogP contribution in [0.3, 0.4) is 0 Å². The van der Waals surface area contributed by atoms with E-state index in [1.165, 1.54) is 0 Å². The highest BCUT2D eigenvalue weighted by molar-refractivity contribution is 7.92. The van der Waals surface area contributed by atoms with Gasteiger partial charge in [0.2, 0.25) is 10.0 Å². The molecular formula is C11H16F2N2O2S. The van der Waals surface area contributed by atoms with Crippen LogP contribution in [0.5, 0.6) is 0 Å². The summed E-state index contributed by atoms with van der Waals surface area (Å²) in [6.07, 6.45) is 0. The van der Waals surface area contributed by atoms with Gasteiger partial charge < -0.3 is 5.32 Å². The molecule has 7 heteroatoms. The Morgan fingerprint density at radius 3 is 2.50 bits per heavy atom. The number of halogens is 2. The van der Waals surface area contributed by atoms with Crippen molar-refractivity contribution in [3.05, 3.63) is 29.8 Å². The highest BCUT2D eigenvalue weighted by Crippen LogP contribution is 2.16. The van der Waals surface area contributed by atoms with E-state index in [9.17, 15) is 17.2 Å². The molecule has 0 aliphatic rings. The minimum atomic E-state index is -3.64. The maximum atomic E-state index is 13.2. The molecule has 1 aromatic carbocycles. The maximum absolute atomic E-state index is 13.2. The molecule has 0 bridgehead atoms. The Morgan fingerprint density at radius 1 is 1.28 bits per heavy atom. The molecular weight excluding hydrogens is 262 g/mol. The molecule has 0 amide bonds. The molecule has 0 aliphatic heterocycles. The fraction of sp³-hybridized carbons (Fsp3) is 0.455. The van der Waals surface area contributed by atoms with Gasteiger partial charge in [0.25, 0.3) is 0 Å². The molecule has 1 rings (SSSR count). The van der Waals surface area contributed by atoms with Crippen molar-refractivity contribution >= 4 is 15.7 Å². The van der Waals surface area contributed by atoms with Crippen molar-refractivity contribution in [2.45, 2.75) is 19.9 Å². The lowest BCUT2D eigenvalue weighted by molar-refractivity contribution is 0.576. The van der Waals surface area contributed by atoms with E-state index in [-0.39, 0.29) is 24.0 Å². The van der Waals surface area contributed by atoms with Crippen LogP contribution in [0.15, 0.2) is 18.2 Å². The van der Waals surface area contributed by atoms with Gasteiger partial charge in [0.05, 0.1) is 11.4 Å². The second kappa shape index (κ2) is 6.10. The summed E-state index contributed by atoms with van der Waals surface area (Å²) in [5, 5.41) is 2.94. The zero-order valence-electron chi connectivity index (χ0n) is 10.2. The van der Waals surface area contributed by atoms with E-state index in [4.69, 9.17) is 0 Å². The zero-order chi connectivity index (χ0) is 13.8. The highest BCUT2D eigenvalue weighted by Gasteiger charge is 2.13. The summed E-state index contributed by atoms with van der Waals surface area (Å²) < 4.78 is 51.2. The molecule has 0 saturated heterocycles. The molecule has 2 N–H and O–H groups in total. The fourth-order valence-electron chi connectivity index (χ4n) is 1.27. The average Bonchev–Trinajstić information content (AvgIpc) is 2.21. The molecule has 102 valence electrons. The Balaban J connectivity index is 2.65. The smallest absolute Gasteiger partial charge is 0.234 e. The van der Waals surface area contributed by atoms with Gasteiger partial charge in [-0.05, 0) is 12.1 Å². The van der Waals surface area contributed by atoms with Crippen LogP contribution in [0.1, 0.15) is 13.8 Å². The van der Waals surface area contributed by atoms with Gasteiger partial charge in [0, 0.05) is 18.7 Å². The molecule has 0 aliphatic carbocycles. The predicted molar refractivity (Wildman–Crippen MR) is 66.9 cm³/mol. The summed E-state index contributed by atoms with van der Waals surface area (Å²) >= 11 is 0. The lowest BCUT2D eigenvalue weighted by Crippen LogP contribution is -2.31. The number of rotatable bonds is 6. The van der Waals surface area contributed by atoms with E-state index in [1.54, 1.807) is 0 Å². The van der Waals surface area contributed by atoms with Gasteiger partial charge in [-0.3, -0.25) is 4.72 Å². The van der Waals surface area contributed by atoms with Crippen LogP contribution in [-0.2, 0) is 10.0 Å². The Labute approximate surface area is 105 Å². The molecule has 0 aromatic heterocycles. The minimum absolute atomic E-state index is 0.169. The Morgan fingerprint density at radius 2 is 1.94 bits per heavy atom. The van der Waals surface area contributed by atoms with E-state index >= 15 is 0 Å². The van der Waals surface area contributed by atoms with E-state index in [0.717, 1.165) is 12.1 Å². The normalized spacial score (nSPS) is 11.8. The van der Waals surface area contributed by atoms with E-state index in [2.05, 4.69) is 10.0 Å². The molecule has 1 aromatic rings. The molecule has 0 saturated carbocycles. The number of sulfonamides is 1. The fourth-order valence-corrected chi connectivity index (χ4v) is 2.26. The Hall–Kier alpha value is -1.21. The maximum Gasteiger partial charge on any atom is 0.234 e. The predicted octanol–water partition coefficient (Wildman–Crippen LogP) is 1.70. The van der Waals surface area contributed by atoms with Gasteiger partial charge >= 0.3 is 0 Å². The monoisotopic (exact) mass is 278 g/mol. The molecule has 18 heavy (non-hydrogen) atoms. The summed E-state index contributed by atoms with van der Waals surface area (Å²) in [6, 6.07) is 2.85. The summed E-state index contributed by atoms with van der Waals surface area (Å²) in [4.78, 5) is 0. The molecule has 0 heterocycles. The lowest BCUT2D eigenvalue weighted by atomic mass is 10.3. The van der Waals surface area contributed by atoms with Crippen molar-refractivity contribution in [1.29, 1.82) is 0 Å². The van der Waals surface area contributed by atoms with Crippen LogP contribution in [0.25, 0.3) is 0 Å². The first-order valence-corrected chi connectivity index (χ1v) is 7.14. The zero-order valence-corrected chi connectivity index (χ0v) is 11.0. The summed E-state index contributed by atoms with van der Waals surface area (Å²) in [5.74, 6) is -1.87. The largest absolute Gasteiger partial charge is 0.313 e. The van der Waals surface area contributed by atoms with Crippen molar-refractivity contribution in [3.8, 4) is 0 Å². The van der Waals surface area contributed by atoms with Gasteiger partial charge in [-0.25, -0.2) is 17.2 Å². The minimum Gasteiger partial charge on any atom is -0.313 e. The van der Waals surface area contributed by atoms with Gasteiger partial charge in [-0.2, -0.15) is 0 Å². The summed E-state index contributed by atoms with van der Waals surface area (Å²) in [5.41, 5.74) is -0.249. The SMILES string of the molecule is CC(C)NCCS(=O)(=O)Nc1ccc(F)cc1F. The lowest BCUT2D eigenvalue weighted by Gasteiger charge is -2.11. The molecule has 0 atom stereocenters. The van der Waals surface area contributed by atoms with Crippen molar-refractivity contribution in [3.63, 3.8) is 0 Å². The van der Waals surface area contributed by atoms with Crippen molar-refractivity contribution < 1.29 is 17.2 Å². The molecule has 4 nitrogen and oxygen atoms in total. The molecule has 0 unspecified atom stereocenters. The number of anilines is 1. The van der Waals surface area contributed by atoms with Crippen LogP contribution in [0.4, 0.5) is 14.5 Å². The third kappa shape index (κ3) is 4.97. The van der Waals surface area contributed by atoms with Gasteiger partial charge in [-0.15, -0.1) is 0 Å². The second-order valence-electron chi connectivity index (χ2n) is 4.15. The third-order valence-electron chi connectivity index (χ3n) is 2.12. The van der Waals surface area contributed by atoms with E-state index in [1.807, 2.05) is 13.8 Å². The quantitative estimate of drug-likeness (QED) is 0.832. The Kier molecular flexibility index (Phi) is 5.03. The standard InChI is InChI=1S/C11H16F2N2O2S/c1-8(2)14-5-6-18(16,17)15-11-4-3-9(12)7-10(11)13/h3-4,7-8,14-15H,5-6H2,1-2H3. The summed E-state index contributed by atoms with van der Waals surface area (Å²) in [7, 11) is -3.64. The van der Waals surface area contributed by atoms with Crippen molar-refractivity contribution in [2.24, 2.45) is 0 Å². The van der Waals surface area contributed by atoms with E-state index in [0.29, 0.717) is 6.07 Å². The number of benzene rings is 1.